The van der Waals surface area contributed by atoms with Crippen LogP contribution in [0.5, 0.6) is 0 Å². The zero-order chi connectivity index (χ0) is 18.3. The van der Waals surface area contributed by atoms with Gasteiger partial charge in [0.1, 0.15) is 0 Å². The Bertz CT molecular complexity index is 1020. The maximum Gasteiger partial charge on any atom is 0.338 e. The van der Waals surface area contributed by atoms with Gasteiger partial charge in [-0.05, 0) is 51.0 Å². The molecule has 6 nitrogen and oxygen atoms in total. The molecule has 2 heterocycles. The molecule has 0 N–H and O–H groups in total. The maximum absolute atomic E-state index is 12.5. The molecular formula is C20H19N3O3. The van der Waals surface area contributed by atoms with Gasteiger partial charge in [0.25, 0.3) is 0 Å². The smallest absolute Gasteiger partial charge is 0.338 e. The van der Waals surface area contributed by atoms with Crippen molar-refractivity contribution in [2.24, 2.45) is 0 Å². The van der Waals surface area contributed by atoms with E-state index in [1.807, 2.05) is 19.9 Å². The highest BCUT2D eigenvalue weighted by atomic mass is 16.5. The Hall–Kier alpha value is -3.02. The Labute approximate surface area is 150 Å². The first kappa shape index (κ1) is 16.4. The molecule has 1 saturated carbocycles. The summed E-state index contributed by atoms with van der Waals surface area (Å²) < 4.78 is 7.43. The quantitative estimate of drug-likeness (QED) is 0.521. The molecule has 0 unspecified atom stereocenters. The lowest BCUT2D eigenvalue weighted by Gasteiger charge is -2.08. The van der Waals surface area contributed by atoms with Gasteiger partial charge in [-0.15, -0.1) is 0 Å². The molecule has 132 valence electrons. The minimum Gasteiger partial charge on any atom is -0.454 e. The predicted molar refractivity (Wildman–Crippen MR) is 96.3 cm³/mol. The number of fused-ring (bicyclic) bond motifs is 1. The second-order valence-corrected chi connectivity index (χ2v) is 6.65. The number of ketones is 1. The highest BCUT2D eigenvalue weighted by Crippen LogP contribution is 2.38. The molecule has 4 rings (SSSR count). The van der Waals surface area contributed by atoms with Gasteiger partial charge in [0, 0.05) is 35.4 Å². The predicted octanol–water partition coefficient (Wildman–Crippen LogP) is 3.42. The zero-order valence-electron chi connectivity index (χ0n) is 14.7. The van der Waals surface area contributed by atoms with E-state index in [9.17, 15) is 9.59 Å². The van der Waals surface area contributed by atoms with Crippen LogP contribution >= 0.6 is 0 Å². The first-order chi connectivity index (χ1) is 12.5. The van der Waals surface area contributed by atoms with Gasteiger partial charge in [-0.1, -0.05) is 0 Å². The average Bonchev–Trinajstić information content (AvgIpc) is 3.43. The van der Waals surface area contributed by atoms with Crippen LogP contribution < -0.4 is 0 Å². The number of nitrogens with zero attached hydrogens (tertiary/aromatic N) is 3. The third-order valence-corrected chi connectivity index (χ3v) is 4.74. The van der Waals surface area contributed by atoms with Crippen molar-refractivity contribution in [1.29, 1.82) is 0 Å². The van der Waals surface area contributed by atoms with Crippen LogP contribution in [0.4, 0.5) is 0 Å². The summed E-state index contributed by atoms with van der Waals surface area (Å²) in [6, 6.07) is 7.36. The molecule has 0 spiro atoms. The van der Waals surface area contributed by atoms with Crippen LogP contribution in [0.15, 0.2) is 36.7 Å². The van der Waals surface area contributed by atoms with E-state index in [1.54, 1.807) is 30.6 Å². The van der Waals surface area contributed by atoms with E-state index in [2.05, 4.69) is 14.5 Å². The molecule has 0 atom stereocenters. The van der Waals surface area contributed by atoms with Crippen molar-refractivity contribution in [3.63, 3.8) is 0 Å². The van der Waals surface area contributed by atoms with E-state index in [4.69, 9.17) is 4.74 Å². The molecule has 1 aliphatic carbocycles. The zero-order valence-corrected chi connectivity index (χ0v) is 14.7. The van der Waals surface area contributed by atoms with Crippen molar-refractivity contribution in [1.82, 2.24) is 14.5 Å². The van der Waals surface area contributed by atoms with Gasteiger partial charge in [-0.2, -0.15) is 0 Å². The highest BCUT2D eigenvalue weighted by molar-refractivity contribution is 6.01. The molecule has 2 aromatic heterocycles. The summed E-state index contributed by atoms with van der Waals surface area (Å²) in [6.07, 6.45) is 5.47. The third kappa shape index (κ3) is 2.98. The van der Waals surface area contributed by atoms with Crippen molar-refractivity contribution in [3.8, 4) is 0 Å². The molecule has 6 heteroatoms. The first-order valence-corrected chi connectivity index (χ1v) is 8.64. The van der Waals surface area contributed by atoms with Gasteiger partial charge in [0.15, 0.2) is 6.61 Å². The number of benzene rings is 1. The Morgan fingerprint density at radius 2 is 1.85 bits per heavy atom. The molecule has 26 heavy (non-hydrogen) atoms. The van der Waals surface area contributed by atoms with Crippen molar-refractivity contribution >= 4 is 22.8 Å². The number of Topliss-reactive ketones (excluding diaryl/α,β-unsaturated/α-hetero) is 1. The van der Waals surface area contributed by atoms with E-state index in [-0.39, 0.29) is 12.4 Å². The second kappa shape index (κ2) is 6.37. The number of carbonyl (C=O) groups is 2. The number of aromatic nitrogens is 3. The molecule has 0 aliphatic heterocycles. The van der Waals surface area contributed by atoms with Crippen LogP contribution in [-0.2, 0) is 4.74 Å². The van der Waals surface area contributed by atoms with Crippen LogP contribution in [-0.4, -0.2) is 32.9 Å². The van der Waals surface area contributed by atoms with Crippen molar-refractivity contribution in [2.45, 2.75) is 32.7 Å². The fraction of sp³-hybridized carbons (Fsp3) is 0.300. The van der Waals surface area contributed by atoms with E-state index < -0.39 is 5.97 Å². The summed E-state index contributed by atoms with van der Waals surface area (Å²) in [4.78, 5) is 33.1. The summed E-state index contributed by atoms with van der Waals surface area (Å²) in [7, 11) is 0. The fourth-order valence-corrected chi connectivity index (χ4v) is 3.34. The molecule has 1 aliphatic rings. The summed E-state index contributed by atoms with van der Waals surface area (Å²) in [5, 5.41) is 0. The molecule has 1 aromatic carbocycles. The van der Waals surface area contributed by atoms with Gasteiger partial charge in [0.2, 0.25) is 5.78 Å². The molecule has 0 amide bonds. The number of carbonyl (C=O) groups excluding carboxylic acids is 2. The minimum absolute atomic E-state index is 0.182. The van der Waals surface area contributed by atoms with Gasteiger partial charge in [-0.25, -0.2) is 4.79 Å². The first-order valence-electron chi connectivity index (χ1n) is 8.64. The van der Waals surface area contributed by atoms with Gasteiger partial charge in [-0.3, -0.25) is 14.8 Å². The van der Waals surface area contributed by atoms with Gasteiger partial charge >= 0.3 is 5.97 Å². The monoisotopic (exact) mass is 349 g/mol. The SMILES string of the molecule is Cc1cc(C(=O)COC(=O)c2ccc3nccnc3c2)c(C)n1C1CC1. The lowest BCUT2D eigenvalue weighted by molar-refractivity contribution is 0.0474. The highest BCUT2D eigenvalue weighted by Gasteiger charge is 2.28. The summed E-state index contributed by atoms with van der Waals surface area (Å²) in [6.45, 7) is 3.68. The van der Waals surface area contributed by atoms with Crippen LogP contribution in [0.1, 0.15) is 51.0 Å². The standard InChI is InChI=1S/C20H19N3O3/c1-12-9-16(13(2)23(12)15-4-5-15)19(24)11-26-20(25)14-3-6-17-18(10-14)22-8-7-21-17/h3,6-10,15H,4-5,11H2,1-2H3. The topological polar surface area (TPSA) is 74.1 Å². The van der Waals surface area contributed by atoms with Crippen molar-refractivity contribution in [2.75, 3.05) is 6.61 Å². The number of ether oxygens (including phenoxy) is 1. The maximum atomic E-state index is 12.5. The van der Waals surface area contributed by atoms with E-state index >= 15 is 0 Å². The third-order valence-electron chi connectivity index (χ3n) is 4.74. The van der Waals surface area contributed by atoms with Gasteiger partial charge < -0.3 is 9.30 Å². The molecule has 0 saturated heterocycles. The Kier molecular flexibility index (Phi) is 4.03. The van der Waals surface area contributed by atoms with Crippen LogP contribution in [0.3, 0.4) is 0 Å². The Balaban J connectivity index is 1.47. The second-order valence-electron chi connectivity index (χ2n) is 6.65. The lowest BCUT2D eigenvalue weighted by atomic mass is 10.1. The van der Waals surface area contributed by atoms with Gasteiger partial charge in [0.05, 0.1) is 16.6 Å². The molecular weight excluding hydrogens is 330 g/mol. The minimum atomic E-state index is -0.540. The summed E-state index contributed by atoms with van der Waals surface area (Å²) >= 11 is 0. The fourth-order valence-electron chi connectivity index (χ4n) is 3.34. The molecule has 1 fully saturated rings. The van der Waals surface area contributed by atoms with Crippen LogP contribution in [0.25, 0.3) is 11.0 Å². The number of aryl methyl sites for hydroxylation is 1. The summed E-state index contributed by atoms with van der Waals surface area (Å²) in [5.41, 5.74) is 4.33. The average molecular weight is 349 g/mol. The molecule has 3 aromatic rings. The molecule has 0 bridgehead atoms. The van der Waals surface area contributed by atoms with E-state index in [1.165, 1.54) is 0 Å². The number of hydrogen-bond acceptors (Lipinski definition) is 5. The lowest BCUT2D eigenvalue weighted by Crippen LogP contribution is -2.15. The largest absolute Gasteiger partial charge is 0.454 e. The van der Waals surface area contributed by atoms with E-state index in [0.29, 0.717) is 28.2 Å². The Morgan fingerprint density at radius 1 is 1.12 bits per heavy atom. The van der Waals surface area contributed by atoms with E-state index in [0.717, 1.165) is 24.2 Å². The van der Waals surface area contributed by atoms with Crippen LogP contribution in [0.2, 0.25) is 0 Å². The van der Waals surface area contributed by atoms with Crippen molar-refractivity contribution < 1.29 is 14.3 Å². The Morgan fingerprint density at radius 3 is 2.58 bits per heavy atom. The van der Waals surface area contributed by atoms with Crippen LogP contribution in [0, 0.1) is 13.8 Å². The normalized spacial score (nSPS) is 13.8. The molecule has 0 radical (unpaired) electrons. The number of hydrogen-bond donors (Lipinski definition) is 0. The summed E-state index contributed by atoms with van der Waals surface area (Å²) in [5.74, 6) is -0.721. The number of esters is 1. The van der Waals surface area contributed by atoms with Crippen molar-refractivity contribution in [3.05, 3.63) is 59.2 Å². The number of rotatable bonds is 5.